The zero-order chi connectivity index (χ0) is 42.8. The van der Waals surface area contributed by atoms with Gasteiger partial charge in [-0.05, 0) is 95.6 Å². The van der Waals surface area contributed by atoms with E-state index in [4.69, 9.17) is 34.9 Å². The number of terminal acetylenes is 1. The van der Waals surface area contributed by atoms with Gasteiger partial charge >= 0.3 is 5.97 Å². The van der Waals surface area contributed by atoms with Gasteiger partial charge in [-0.1, -0.05) is 66.5 Å². The molecule has 5 aliphatic rings. The fraction of sp³-hybridized carbons (Fsp3) is 0.848. The van der Waals surface area contributed by atoms with Gasteiger partial charge in [0, 0.05) is 35.5 Å². The molecular formula is C46H73NO11. The molecule has 0 bridgehead atoms. The summed E-state index contributed by atoms with van der Waals surface area (Å²) in [5.41, 5.74) is -0.606. The van der Waals surface area contributed by atoms with Gasteiger partial charge in [-0.2, -0.15) is 0 Å². The van der Waals surface area contributed by atoms with Gasteiger partial charge in [0.1, 0.15) is 11.5 Å². The Morgan fingerprint density at radius 2 is 1.69 bits per heavy atom. The molecule has 4 saturated heterocycles. The standard InChI is InChI=1S/C46H73NO11/c1-12-24-53-47-36-18-21-45(58-46(36)23-22-43(11,57-46)37-19-20-44(15-4,26-48)32(10)54-37)29(7)25-28(6)41(56-45)34(14-3)39(50)30(8)38(49)31(9)40-27(5)16-17-35(55-40)33(13-2)42(51)52/h1,18,21,27-35,37-38,40-41,48-49H,13-17,19-20,22-26H2,2-11H3,(H,51,52)/b47-36+/t27-,28-,29+,30-,31-,32-,33?,34-,35+,37+,38+,40+,41-,43-,44-,45-,46-/m0/s1. The third kappa shape index (κ3) is 8.84. The maximum atomic E-state index is 14.6. The molecule has 12 heteroatoms. The van der Waals surface area contributed by atoms with Crippen LogP contribution in [-0.4, -0.2) is 99.8 Å². The lowest BCUT2D eigenvalue weighted by Gasteiger charge is -2.53. The summed E-state index contributed by atoms with van der Waals surface area (Å²) in [6.45, 7) is 20.0. The van der Waals surface area contributed by atoms with Crippen LogP contribution >= 0.6 is 0 Å². The van der Waals surface area contributed by atoms with Crippen LogP contribution in [0.2, 0.25) is 0 Å². The minimum absolute atomic E-state index is 0.0000304. The van der Waals surface area contributed by atoms with Crippen molar-refractivity contribution in [1.82, 2.24) is 0 Å². The summed E-state index contributed by atoms with van der Waals surface area (Å²) >= 11 is 0. The van der Waals surface area contributed by atoms with Gasteiger partial charge in [0.2, 0.25) is 5.79 Å². The van der Waals surface area contributed by atoms with Gasteiger partial charge in [-0.15, -0.1) is 6.42 Å². The molecule has 0 aliphatic carbocycles. The average molecular weight is 816 g/mol. The first kappa shape index (κ1) is 46.7. The maximum absolute atomic E-state index is 14.6. The van der Waals surface area contributed by atoms with Crippen LogP contribution in [0.25, 0.3) is 0 Å². The molecule has 0 aromatic heterocycles. The van der Waals surface area contributed by atoms with Crippen molar-refractivity contribution < 1.29 is 53.4 Å². The van der Waals surface area contributed by atoms with Crippen molar-refractivity contribution in [2.75, 3.05) is 13.2 Å². The van der Waals surface area contributed by atoms with Gasteiger partial charge in [0.25, 0.3) is 0 Å². The van der Waals surface area contributed by atoms with Crippen molar-refractivity contribution in [3.63, 3.8) is 0 Å². The molecule has 17 atom stereocenters. The lowest BCUT2D eigenvalue weighted by atomic mass is 9.72. The number of nitrogens with zero attached hydrogens (tertiary/aromatic N) is 1. The van der Waals surface area contributed by atoms with Crippen LogP contribution in [0.3, 0.4) is 0 Å². The number of carboxylic acids is 1. The highest BCUT2D eigenvalue weighted by Crippen LogP contribution is 2.54. The molecule has 3 N–H and O–H groups in total. The quantitative estimate of drug-likeness (QED) is 0.0880. The summed E-state index contributed by atoms with van der Waals surface area (Å²) in [4.78, 5) is 32.1. The molecule has 58 heavy (non-hydrogen) atoms. The molecule has 328 valence electrons. The fourth-order valence-electron chi connectivity index (χ4n) is 11.0. The van der Waals surface area contributed by atoms with Crippen molar-refractivity contribution in [3.8, 4) is 12.3 Å². The van der Waals surface area contributed by atoms with Gasteiger partial charge < -0.3 is 43.8 Å². The van der Waals surface area contributed by atoms with E-state index in [1.165, 1.54) is 0 Å². The van der Waals surface area contributed by atoms with Gasteiger partial charge in [-0.25, -0.2) is 0 Å². The summed E-state index contributed by atoms with van der Waals surface area (Å²) in [6, 6.07) is 0. The maximum Gasteiger partial charge on any atom is 0.309 e. The molecule has 5 aliphatic heterocycles. The predicted octanol–water partition coefficient (Wildman–Crippen LogP) is 7.08. The Kier molecular flexibility index (Phi) is 15.1. The number of ether oxygens (including phenoxy) is 5. The molecule has 0 saturated carbocycles. The first-order valence-electron chi connectivity index (χ1n) is 22.2. The van der Waals surface area contributed by atoms with Crippen LogP contribution in [0.1, 0.15) is 133 Å². The highest BCUT2D eigenvalue weighted by atomic mass is 16.8. The van der Waals surface area contributed by atoms with Crippen LogP contribution in [-0.2, 0) is 38.1 Å². The van der Waals surface area contributed by atoms with Crippen LogP contribution in [0.15, 0.2) is 17.3 Å². The second-order valence-corrected chi connectivity index (χ2v) is 18.8. The first-order chi connectivity index (χ1) is 27.4. The molecule has 2 spiro atoms. The second kappa shape index (κ2) is 18.7. The predicted molar refractivity (Wildman–Crippen MR) is 219 cm³/mol. The highest BCUT2D eigenvalue weighted by Gasteiger charge is 2.63. The second-order valence-electron chi connectivity index (χ2n) is 18.8. The number of rotatable bonds is 15. The van der Waals surface area contributed by atoms with Gasteiger partial charge in [-0.3, -0.25) is 9.59 Å². The topological polar surface area (TPSA) is 163 Å². The number of carbonyl (C=O) groups is 2. The highest BCUT2D eigenvalue weighted by molar-refractivity contribution is 6.01. The lowest BCUT2D eigenvalue weighted by molar-refractivity contribution is -0.371. The number of aliphatic hydroxyl groups is 2. The van der Waals surface area contributed by atoms with Gasteiger partial charge in [0.15, 0.2) is 12.4 Å². The molecule has 0 aromatic rings. The van der Waals surface area contributed by atoms with Crippen molar-refractivity contribution in [2.45, 2.75) is 187 Å². The number of aliphatic hydroxyl groups excluding tert-OH is 2. The van der Waals surface area contributed by atoms with Crippen LogP contribution in [0, 0.1) is 59.2 Å². The number of carboxylic acid groups (broad SMARTS) is 1. The minimum atomic E-state index is -1.35. The molecular weight excluding hydrogens is 743 g/mol. The number of oxime groups is 1. The lowest BCUT2D eigenvalue weighted by Crippen LogP contribution is -2.62. The third-order valence-corrected chi connectivity index (χ3v) is 15.2. The number of Topliss-reactive ketones (excluding diaryl/α,β-unsaturated/α-hetero) is 1. The van der Waals surface area contributed by atoms with Crippen LogP contribution in [0.5, 0.6) is 0 Å². The van der Waals surface area contributed by atoms with E-state index in [2.05, 4.69) is 38.8 Å². The average Bonchev–Trinajstić information content (AvgIpc) is 3.54. The molecule has 12 nitrogen and oxygen atoms in total. The van der Waals surface area contributed by atoms with E-state index in [-0.39, 0.29) is 60.5 Å². The SMILES string of the molecule is C#CCO/N=C1\C=C[C@]2(O[C@H]([C@@H](CC)C(=O)[C@@H](C)[C@@H](O)[C@H](C)[C@@H]3O[C@@H](C(CC)C(=O)O)CC[C@@H]3C)[C@@H](C)C[C@H]2C)O[C@@]12CC[C@@](C)([C@H]1CC[C@@](CC)(CO)[C@H](C)O1)O2. The van der Waals surface area contributed by atoms with E-state index < -0.39 is 65.1 Å². The summed E-state index contributed by atoms with van der Waals surface area (Å²) in [6.07, 6.45) is 13.0. The molecule has 0 amide bonds. The number of aliphatic carboxylic acids is 1. The van der Waals surface area contributed by atoms with E-state index in [0.717, 1.165) is 25.7 Å². The fourth-order valence-corrected chi connectivity index (χ4v) is 11.0. The third-order valence-electron chi connectivity index (χ3n) is 15.2. The zero-order valence-electron chi connectivity index (χ0n) is 36.8. The van der Waals surface area contributed by atoms with E-state index in [1.807, 2.05) is 46.8 Å². The zero-order valence-corrected chi connectivity index (χ0v) is 36.8. The Hall–Kier alpha value is -2.37. The van der Waals surface area contributed by atoms with Crippen molar-refractivity contribution in [2.24, 2.45) is 52.0 Å². The first-order valence-corrected chi connectivity index (χ1v) is 22.2. The Balaban J connectivity index is 1.38. The molecule has 5 rings (SSSR count). The number of carbonyl (C=O) groups excluding carboxylic acids is 1. The Morgan fingerprint density at radius 1 is 0.983 bits per heavy atom. The number of hydrogen-bond acceptors (Lipinski definition) is 11. The molecule has 0 radical (unpaired) electrons. The van der Waals surface area contributed by atoms with E-state index in [9.17, 15) is 24.9 Å². The summed E-state index contributed by atoms with van der Waals surface area (Å²) in [5, 5.41) is 36.4. The van der Waals surface area contributed by atoms with E-state index in [0.29, 0.717) is 44.2 Å². The monoisotopic (exact) mass is 816 g/mol. The largest absolute Gasteiger partial charge is 0.481 e. The smallest absolute Gasteiger partial charge is 0.309 e. The normalized spacial score (nSPS) is 42.4. The Labute approximate surface area is 347 Å². The Bertz CT molecular complexity index is 1540. The van der Waals surface area contributed by atoms with Crippen LogP contribution < -0.4 is 0 Å². The summed E-state index contributed by atoms with van der Waals surface area (Å²) in [7, 11) is 0. The molecule has 1 unspecified atom stereocenters. The number of ketones is 1. The molecule has 5 heterocycles. The minimum Gasteiger partial charge on any atom is -0.481 e. The van der Waals surface area contributed by atoms with Gasteiger partial charge in [0.05, 0.1) is 54.7 Å². The number of hydrogen-bond donors (Lipinski definition) is 3. The Morgan fingerprint density at radius 3 is 2.29 bits per heavy atom. The van der Waals surface area contributed by atoms with Crippen LogP contribution in [0.4, 0.5) is 0 Å². The van der Waals surface area contributed by atoms with Crippen molar-refractivity contribution in [1.29, 1.82) is 0 Å². The molecule has 4 fully saturated rings. The van der Waals surface area contributed by atoms with Crippen molar-refractivity contribution >= 4 is 17.5 Å². The van der Waals surface area contributed by atoms with E-state index >= 15 is 0 Å². The summed E-state index contributed by atoms with van der Waals surface area (Å²) in [5.74, 6) is -3.40. The van der Waals surface area contributed by atoms with E-state index in [1.54, 1.807) is 6.92 Å². The summed E-state index contributed by atoms with van der Waals surface area (Å²) < 4.78 is 34.4. The molecule has 0 aromatic carbocycles. The van der Waals surface area contributed by atoms with Crippen molar-refractivity contribution in [3.05, 3.63) is 12.2 Å².